The number of aryl methyl sites for hydroxylation is 1. The van der Waals surface area contributed by atoms with Gasteiger partial charge in [-0.05, 0) is 36.2 Å². The molecule has 0 aliphatic heterocycles. The Bertz CT molecular complexity index is 878. The first-order chi connectivity index (χ1) is 12.5. The molecule has 1 aromatic heterocycles. The zero-order chi connectivity index (χ0) is 18.6. The molecule has 3 aromatic rings. The minimum absolute atomic E-state index is 0.0307. The maximum atomic E-state index is 13.1. The molecule has 0 amide bonds. The van der Waals surface area contributed by atoms with Crippen LogP contribution in [0.4, 0.5) is 36.3 Å². The molecule has 134 valence electrons. The average molecular weight is 359 g/mol. The first kappa shape index (κ1) is 17.7. The number of nitrogens with one attached hydrogen (secondary N) is 2. The summed E-state index contributed by atoms with van der Waals surface area (Å²) in [6, 6.07) is 12.9. The van der Waals surface area contributed by atoms with Gasteiger partial charge in [0.2, 0.25) is 5.95 Å². The predicted octanol–water partition coefficient (Wildman–Crippen LogP) is 4.94. The lowest BCUT2D eigenvalue weighted by molar-refractivity contribution is -0.136. The zero-order valence-corrected chi connectivity index (χ0v) is 13.9. The molecule has 2 aromatic carbocycles. The van der Waals surface area contributed by atoms with E-state index in [0.717, 1.165) is 18.2 Å². The molecule has 0 fully saturated rings. The van der Waals surface area contributed by atoms with Crippen molar-refractivity contribution in [1.82, 2.24) is 15.2 Å². The summed E-state index contributed by atoms with van der Waals surface area (Å²) < 4.78 is 39.2. The van der Waals surface area contributed by atoms with E-state index in [1.807, 2.05) is 24.3 Å². The van der Waals surface area contributed by atoms with Gasteiger partial charge < -0.3 is 10.6 Å². The Labute approximate surface area is 148 Å². The summed E-state index contributed by atoms with van der Waals surface area (Å²) in [5.41, 5.74) is 1.06. The fourth-order valence-corrected chi connectivity index (χ4v) is 2.35. The normalized spacial score (nSPS) is 11.2. The van der Waals surface area contributed by atoms with Gasteiger partial charge in [0.25, 0.3) is 0 Å². The molecule has 3 rings (SSSR count). The van der Waals surface area contributed by atoms with E-state index in [-0.39, 0.29) is 11.6 Å². The van der Waals surface area contributed by atoms with Crippen LogP contribution in [0.15, 0.2) is 54.7 Å². The first-order valence-corrected chi connectivity index (χ1v) is 7.94. The lowest BCUT2D eigenvalue weighted by Gasteiger charge is -2.13. The van der Waals surface area contributed by atoms with Crippen molar-refractivity contribution in [2.75, 3.05) is 10.6 Å². The fraction of sp³-hybridized carbons (Fsp3) is 0.167. The summed E-state index contributed by atoms with van der Waals surface area (Å²) in [6.45, 7) is 2.06. The largest absolute Gasteiger partial charge is 0.418 e. The van der Waals surface area contributed by atoms with Gasteiger partial charge in [0.05, 0.1) is 17.4 Å². The molecule has 0 bridgehead atoms. The van der Waals surface area contributed by atoms with E-state index < -0.39 is 11.7 Å². The summed E-state index contributed by atoms with van der Waals surface area (Å²) >= 11 is 0. The first-order valence-electron chi connectivity index (χ1n) is 7.94. The number of hydrogen-bond donors (Lipinski definition) is 2. The maximum Gasteiger partial charge on any atom is 0.418 e. The molecular formula is C18H16F3N5. The number of rotatable bonds is 5. The van der Waals surface area contributed by atoms with Gasteiger partial charge in [0, 0.05) is 5.69 Å². The molecule has 0 saturated heterocycles. The van der Waals surface area contributed by atoms with Gasteiger partial charge in [0.15, 0.2) is 5.82 Å². The van der Waals surface area contributed by atoms with Gasteiger partial charge in [0.1, 0.15) is 0 Å². The number of aromatic nitrogens is 3. The van der Waals surface area contributed by atoms with E-state index in [4.69, 9.17) is 0 Å². The third-order valence-electron chi connectivity index (χ3n) is 3.67. The maximum absolute atomic E-state index is 13.1. The molecule has 8 heteroatoms. The molecule has 1 heterocycles. The third kappa shape index (κ3) is 4.27. The Morgan fingerprint density at radius 3 is 2.38 bits per heavy atom. The average Bonchev–Trinajstić information content (AvgIpc) is 2.62. The highest BCUT2D eigenvalue weighted by Crippen LogP contribution is 2.35. The van der Waals surface area contributed by atoms with E-state index in [0.29, 0.717) is 5.82 Å². The Kier molecular flexibility index (Phi) is 5.01. The lowest BCUT2D eigenvalue weighted by atomic mass is 10.1. The Hall–Kier alpha value is -3.16. The minimum Gasteiger partial charge on any atom is -0.339 e. The highest BCUT2D eigenvalue weighted by molar-refractivity contribution is 5.61. The van der Waals surface area contributed by atoms with E-state index in [2.05, 4.69) is 32.7 Å². The molecule has 0 atom stereocenters. The number of anilines is 4. The van der Waals surface area contributed by atoms with Crippen molar-refractivity contribution in [2.24, 2.45) is 0 Å². The monoisotopic (exact) mass is 359 g/mol. The molecular weight excluding hydrogens is 343 g/mol. The number of alkyl halides is 3. The van der Waals surface area contributed by atoms with Crippen molar-refractivity contribution in [3.8, 4) is 0 Å². The molecule has 5 nitrogen and oxygen atoms in total. The summed E-state index contributed by atoms with van der Waals surface area (Å²) in [6.07, 6.45) is -2.15. The second-order valence-electron chi connectivity index (χ2n) is 5.51. The van der Waals surface area contributed by atoms with Gasteiger partial charge in [-0.15, -0.1) is 5.10 Å². The van der Waals surface area contributed by atoms with E-state index >= 15 is 0 Å². The molecule has 0 aliphatic carbocycles. The SMILES string of the molecule is CCc1ccc(Nc2cnnc(Nc3ccccc3C(F)(F)F)n2)cc1. The van der Waals surface area contributed by atoms with Crippen molar-refractivity contribution in [2.45, 2.75) is 19.5 Å². The van der Waals surface area contributed by atoms with Gasteiger partial charge in [-0.3, -0.25) is 0 Å². The highest BCUT2D eigenvalue weighted by atomic mass is 19.4. The van der Waals surface area contributed by atoms with Gasteiger partial charge in [-0.2, -0.15) is 23.3 Å². The van der Waals surface area contributed by atoms with Gasteiger partial charge in [-0.1, -0.05) is 31.2 Å². The number of hydrogen-bond acceptors (Lipinski definition) is 5. The zero-order valence-electron chi connectivity index (χ0n) is 13.9. The van der Waals surface area contributed by atoms with Crippen LogP contribution in [0.25, 0.3) is 0 Å². The standard InChI is InChI=1S/C18H16F3N5/c1-2-12-7-9-13(10-8-12)23-16-11-22-26-17(25-16)24-15-6-4-3-5-14(15)18(19,20)21/h3-11H,2H2,1H3,(H2,23,24,25,26). The van der Waals surface area contributed by atoms with Crippen LogP contribution in [0.2, 0.25) is 0 Å². The molecule has 0 spiro atoms. The topological polar surface area (TPSA) is 62.7 Å². The second-order valence-corrected chi connectivity index (χ2v) is 5.51. The quantitative estimate of drug-likeness (QED) is 0.676. The van der Waals surface area contributed by atoms with Crippen LogP contribution in [-0.4, -0.2) is 15.2 Å². The van der Waals surface area contributed by atoms with Crippen molar-refractivity contribution >= 4 is 23.1 Å². The van der Waals surface area contributed by atoms with Crippen molar-refractivity contribution in [3.05, 3.63) is 65.9 Å². The molecule has 26 heavy (non-hydrogen) atoms. The summed E-state index contributed by atoms with van der Waals surface area (Å²) in [7, 11) is 0. The Morgan fingerprint density at radius 2 is 1.69 bits per heavy atom. The third-order valence-corrected chi connectivity index (χ3v) is 3.67. The summed E-state index contributed by atoms with van der Waals surface area (Å²) in [4.78, 5) is 4.17. The predicted molar refractivity (Wildman–Crippen MR) is 93.7 cm³/mol. The lowest BCUT2D eigenvalue weighted by Crippen LogP contribution is -2.10. The number of nitrogens with zero attached hydrogens (tertiary/aromatic N) is 3. The van der Waals surface area contributed by atoms with Crippen LogP contribution in [0.5, 0.6) is 0 Å². The van der Waals surface area contributed by atoms with Gasteiger partial charge in [-0.25, -0.2) is 0 Å². The summed E-state index contributed by atoms with van der Waals surface area (Å²) in [5.74, 6) is 0.341. The van der Waals surface area contributed by atoms with Crippen LogP contribution in [-0.2, 0) is 12.6 Å². The van der Waals surface area contributed by atoms with Gasteiger partial charge >= 0.3 is 6.18 Å². The number of halogens is 3. The van der Waals surface area contributed by atoms with Crippen molar-refractivity contribution < 1.29 is 13.2 Å². The van der Waals surface area contributed by atoms with E-state index in [1.54, 1.807) is 0 Å². The smallest absolute Gasteiger partial charge is 0.339 e. The number of benzene rings is 2. The molecule has 2 N–H and O–H groups in total. The fourth-order valence-electron chi connectivity index (χ4n) is 2.35. The summed E-state index contributed by atoms with van der Waals surface area (Å²) in [5, 5.41) is 13.2. The van der Waals surface area contributed by atoms with Crippen LogP contribution in [0, 0.1) is 0 Å². The van der Waals surface area contributed by atoms with E-state index in [9.17, 15) is 13.2 Å². The van der Waals surface area contributed by atoms with Crippen LogP contribution in [0.3, 0.4) is 0 Å². The van der Waals surface area contributed by atoms with Crippen molar-refractivity contribution in [1.29, 1.82) is 0 Å². The number of para-hydroxylation sites is 1. The molecule has 0 unspecified atom stereocenters. The van der Waals surface area contributed by atoms with E-state index in [1.165, 1.54) is 30.0 Å². The molecule has 0 radical (unpaired) electrons. The van der Waals surface area contributed by atoms with Crippen LogP contribution < -0.4 is 10.6 Å². The van der Waals surface area contributed by atoms with Crippen LogP contribution in [0.1, 0.15) is 18.1 Å². The molecule has 0 aliphatic rings. The Morgan fingerprint density at radius 1 is 0.962 bits per heavy atom. The molecule has 0 saturated carbocycles. The second kappa shape index (κ2) is 7.38. The highest BCUT2D eigenvalue weighted by Gasteiger charge is 2.33. The van der Waals surface area contributed by atoms with Crippen LogP contribution >= 0.6 is 0 Å². The Balaban J connectivity index is 1.80. The van der Waals surface area contributed by atoms with Crippen molar-refractivity contribution in [3.63, 3.8) is 0 Å². The minimum atomic E-state index is -4.48.